The molecule has 30 heavy (non-hydrogen) atoms. The van der Waals surface area contributed by atoms with Gasteiger partial charge in [0.15, 0.2) is 0 Å². The Morgan fingerprint density at radius 2 is 1.33 bits per heavy atom. The van der Waals surface area contributed by atoms with Crippen molar-refractivity contribution in [3.8, 4) is 39.7 Å². The molecule has 0 aliphatic heterocycles. The molecule has 0 saturated carbocycles. The van der Waals surface area contributed by atoms with Crippen molar-refractivity contribution in [1.82, 2.24) is 9.78 Å². The van der Waals surface area contributed by atoms with Gasteiger partial charge in [0.05, 0.1) is 40.7 Å². The van der Waals surface area contributed by atoms with E-state index in [4.69, 9.17) is 49.4 Å². The number of hydrogen-bond donors (Lipinski definition) is 0. The van der Waals surface area contributed by atoms with Crippen LogP contribution < -0.4 is 9.47 Å². The minimum atomic E-state index is 0.422. The van der Waals surface area contributed by atoms with Crippen LogP contribution in [0, 0.1) is 0 Å². The molecule has 0 N–H and O–H groups in total. The zero-order chi connectivity index (χ0) is 21.3. The standard InChI is InChI=1S/C23H17Cl3N2O2/c1-29-19-9-5-3-7-15(19)22-21(26)23(16-8-4-6-10-20(16)30-2)28(27-22)14-11-12-17(24)18(25)13-14/h3-13H,1-2H3. The van der Waals surface area contributed by atoms with Crippen LogP contribution >= 0.6 is 34.8 Å². The Hall–Kier alpha value is -2.66. The second kappa shape index (κ2) is 8.60. The van der Waals surface area contributed by atoms with Crippen molar-refractivity contribution in [2.45, 2.75) is 0 Å². The quantitative estimate of drug-likeness (QED) is 0.317. The predicted octanol–water partition coefficient (Wildman–Crippen LogP) is 7.18. The third kappa shape index (κ3) is 3.63. The molecule has 3 aromatic carbocycles. The van der Waals surface area contributed by atoms with Crippen LogP contribution in [0.3, 0.4) is 0 Å². The van der Waals surface area contributed by atoms with Gasteiger partial charge < -0.3 is 9.47 Å². The highest BCUT2D eigenvalue weighted by molar-refractivity contribution is 6.42. The van der Waals surface area contributed by atoms with Crippen LogP contribution in [-0.4, -0.2) is 24.0 Å². The molecule has 1 heterocycles. The fourth-order valence-corrected chi connectivity index (χ4v) is 3.90. The molecule has 7 heteroatoms. The topological polar surface area (TPSA) is 36.3 Å². The first kappa shape index (κ1) is 20.6. The monoisotopic (exact) mass is 458 g/mol. The lowest BCUT2D eigenvalue weighted by Gasteiger charge is -2.12. The van der Waals surface area contributed by atoms with Crippen molar-refractivity contribution < 1.29 is 9.47 Å². The molecule has 0 unspecified atom stereocenters. The highest BCUT2D eigenvalue weighted by Crippen LogP contribution is 2.43. The van der Waals surface area contributed by atoms with Gasteiger partial charge >= 0.3 is 0 Å². The zero-order valence-electron chi connectivity index (χ0n) is 16.2. The first-order chi connectivity index (χ1) is 14.5. The van der Waals surface area contributed by atoms with Gasteiger partial charge in [-0.2, -0.15) is 5.10 Å². The van der Waals surface area contributed by atoms with Gasteiger partial charge in [-0.1, -0.05) is 59.1 Å². The number of rotatable bonds is 5. The summed E-state index contributed by atoms with van der Waals surface area (Å²) in [5.41, 5.74) is 3.55. The summed E-state index contributed by atoms with van der Waals surface area (Å²) in [5, 5.41) is 6.18. The summed E-state index contributed by atoms with van der Waals surface area (Å²) >= 11 is 19.3. The largest absolute Gasteiger partial charge is 0.496 e. The first-order valence-corrected chi connectivity index (χ1v) is 10.2. The molecule has 152 valence electrons. The third-order valence-electron chi connectivity index (χ3n) is 4.70. The molecule has 0 aliphatic carbocycles. The van der Waals surface area contributed by atoms with Crippen LogP contribution in [0.15, 0.2) is 66.7 Å². The number of methoxy groups -OCH3 is 2. The average molecular weight is 460 g/mol. The van der Waals surface area contributed by atoms with Crippen LogP contribution in [-0.2, 0) is 0 Å². The van der Waals surface area contributed by atoms with Crippen molar-refractivity contribution >= 4 is 34.8 Å². The van der Waals surface area contributed by atoms with Crippen LogP contribution in [0.1, 0.15) is 0 Å². The summed E-state index contributed by atoms with van der Waals surface area (Å²) in [6.07, 6.45) is 0. The summed E-state index contributed by atoms with van der Waals surface area (Å²) in [5.74, 6) is 1.34. The van der Waals surface area contributed by atoms with E-state index in [2.05, 4.69) is 0 Å². The summed E-state index contributed by atoms with van der Waals surface area (Å²) in [6, 6.07) is 20.5. The first-order valence-electron chi connectivity index (χ1n) is 9.06. The highest BCUT2D eigenvalue weighted by Gasteiger charge is 2.24. The molecular weight excluding hydrogens is 443 g/mol. The van der Waals surface area contributed by atoms with E-state index < -0.39 is 0 Å². The Balaban J connectivity index is 2.04. The maximum atomic E-state index is 6.92. The van der Waals surface area contributed by atoms with Crippen LogP contribution in [0.2, 0.25) is 15.1 Å². The Kier molecular flexibility index (Phi) is 5.91. The third-order valence-corrected chi connectivity index (χ3v) is 5.80. The number of para-hydroxylation sites is 2. The molecule has 0 saturated heterocycles. The van der Waals surface area contributed by atoms with Crippen LogP contribution in [0.5, 0.6) is 11.5 Å². The van der Waals surface area contributed by atoms with E-state index in [1.165, 1.54) is 0 Å². The van der Waals surface area contributed by atoms with Gasteiger partial charge in [-0.3, -0.25) is 0 Å². The second-order valence-electron chi connectivity index (χ2n) is 6.42. The molecule has 0 atom stereocenters. The molecule has 0 bridgehead atoms. The molecule has 0 radical (unpaired) electrons. The van der Waals surface area contributed by atoms with Crippen molar-refractivity contribution in [2.24, 2.45) is 0 Å². The van der Waals surface area contributed by atoms with Crippen LogP contribution in [0.4, 0.5) is 0 Å². The van der Waals surface area contributed by atoms with Crippen molar-refractivity contribution in [1.29, 1.82) is 0 Å². The Morgan fingerprint density at radius 1 is 0.733 bits per heavy atom. The van der Waals surface area contributed by atoms with Gasteiger partial charge in [-0.15, -0.1) is 0 Å². The van der Waals surface area contributed by atoms with E-state index in [9.17, 15) is 0 Å². The molecule has 0 aliphatic rings. The maximum Gasteiger partial charge on any atom is 0.128 e. The lowest BCUT2D eigenvalue weighted by molar-refractivity contribution is 0.416. The predicted molar refractivity (Wildman–Crippen MR) is 123 cm³/mol. The van der Waals surface area contributed by atoms with E-state index in [0.717, 1.165) is 11.1 Å². The van der Waals surface area contributed by atoms with Gasteiger partial charge in [0.2, 0.25) is 0 Å². The van der Waals surface area contributed by atoms with Crippen molar-refractivity contribution in [3.05, 3.63) is 81.8 Å². The maximum absolute atomic E-state index is 6.92. The summed E-state index contributed by atoms with van der Waals surface area (Å²) in [4.78, 5) is 0. The Labute approximate surface area is 189 Å². The van der Waals surface area contributed by atoms with Gasteiger partial charge in [0.1, 0.15) is 17.2 Å². The fourth-order valence-electron chi connectivity index (χ4n) is 3.29. The molecule has 0 fully saturated rings. The number of benzene rings is 3. The lowest BCUT2D eigenvalue weighted by atomic mass is 10.1. The molecule has 0 amide bonds. The van der Waals surface area contributed by atoms with E-state index in [-0.39, 0.29) is 0 Å². The molecule has 0 spiro atoms. The lowest BCUT2D eigenvalue weighted by Crippen LogP contribution is -2.00. The normalized spacial score (nSPS) is 10.8. The minimum Gasteiger partial charge on any atom is -0.496 e. The number of aromatic nitrogens is 2. The number of nitrogens with zero attached hydrogens (tertiary/aromatic N) is 2. The SMILES string of the molecule is COc1ccccc1-c1nn(-c2ccc(Cl)c(Cl)c2)c(-c2ccccc2OC)c1Cl. The summed E-state index contributed by atoms with van der Waals surface area (Å²) < 4.78 is 12.8. The van der Waals surface area contributed by atoms with E-state index in [1.807, 2.05) is 54.6 Å². The number of halogens is 3. The Morgan fingerprint density at radius 3 is 1.97 bits per heavy atom. The second-order valence-corrected chi connectivity index (χ2v) is 7.61. The van der Waals surface area contributed by atoms with Gasteiger partial charge in [0.25, 0.3) is 0 Å². The van der Waals surface area contributed by atoms with Gasteiger partial charge in [-0.05, 0) is 42.5 Å². The highest BCUT2D eigenvalue weighted by atomic mass is 35.5. The van der Waals surface area contributed by atoms with Gasteiger partial charge in [0, 0.05) is 11.1 Å². The summed E-state index contributed by atoms with van der Waals surface area (Å²) in [6.45, 7) is 0. The van der Waals surface area contributed by atoms with Crippen molar-refractivity contribution in [3.63, 3.8) is 0 Å². The molecule has 4 nitrogen and oxygen atoms in total. The number of ether oxygens (including phenoxy) is 2. The Bertz CT molecular complexity index is 1220. The fraction of sp³-hybridized carbons (Fsp3) is 0.0870. The molecule has 1 aromatic heterocycles. The average Bonchev–Trinajstić information content (AvgIpc) is 3.12. The van der Waals surface area contributed by atoms with Gasteiger partial charge in [-0.25, -0.2) is 4.68 Å². The number of hydrogen-bond acceptors (Lipinski definition) is 3. The molecular formula is C23H17Cl3N2O2. The van der Waals surface area contributed by atoms with E-state index >= 15 is 0 Å². The molecule has 4 rings (SSSR count). The van der Waals surface area contributed by atoms with Crippen LogP contribution in [0.25, 0.3) is 28.2 Å². The zero-order valence-corrected chi connectivity index (χ0v) is 18.5. The summed E-state index contributed by atoms with van der Waals surface area (Å²) in [7, 11) is 3.23. The molecule has 4 aromatic rings. The van der Waals surface area contributed by atoms with Crippen molar-refractivity contribution in [2.75, 3.05) is 14.2 Å². The smallest absolute Gasteiger partial charge is 0.128 e. The van der Waals surface area contributed by atoms with E-state index in [0.29, 0.717) is 43.6 Å². The minimum absolute atomic E-state index is 0.422. The van der Waals surface area contributed by atoms with E-state index in [1.54, 1.807) is 31.0 Å².